The summed E-state index contributed by atoms with van der Waals surface area (Å²) >= 11 is -1.77. The predicted octanol–water partition coefficient (Wildman–Crippen LogP) is 8.46. The summed E-state index contributed by atoms with van der Waals surface area (Å²) in [5, 5.41) is 0. The number of nitrogens with zero attached hydrogens (tertiary/aromatic N) is 3. The van der Waals surface area contributed by atoms with Gasteiger partial charge in [0.1, 0.15) is 0 Å². The van der Waals surface area contributed by atoms with Crippen LogP contribution in [0.25, 0.3) is 0 Å². The Labute approximate surface area is 261 Å². The van der Waals surface area contributed by atoms with Crippen LogP contribution in [-0.2, 0) is 13.5 Å². The van der Waals surface area contributed by atoms with Gasteiger partial charge in [0.2, 0.25) is 0 Å². The molecule has 226 valence electrons. The van der Waals surface area contributed by atoms with Gasteiger partial charge in [0.15, 0.2) is 0 Å². The van der Waals surface area contributed by atoms with Crippen molar-refractivity contribution in [1.29, 1.82) is 0 Å². The van der Waals surface area contributed by atoms with Crippen molar-refractivity contribution in [2.45, 2.75) is 67.5 Å². The Kier molecular flexibility index (Phi) is 12.3. The molecule has 1 atom stereocenters. The number of rotatable bonds is 7. The molecule has 0 saturated carbocycles. The summed E-state index contributed by atoms with van der Waals surface area (Å²) in [5.41, 5.74) is 11.8. The third-order valence-electron chi connectivity index (χ3n) is 6.93. The number of anilines is 2. The van der Waals surface area contributed by atoms with Crippen molar-refractivity contribution in [3.8, 4) is 5.75 Å². The molecule has 0 bridgehead atoms. The first kappa shape index (κ1) is 33.6. The SMILES string of the molecule is CC(C)Oc1ccccc1[CH]=[Ru]([Cl])[Cl].Cc1cc(C)c(N2[CH-]N(c3c(C)cc(C)cc3C)C(CN(C)C)C2)c(C)c1. The number of hydrogen-bond donors (Lipinski definition) is 0. The maximum Gasteiger partial charge on any atom is 0.0300 e. The molecule has 0 spiro atoms. The van der Waals surface area contributed by atoms with Gasteiger partial charge in [-0.05, 0) is 77.9 Å². The summed E-state index contributed by atoms with van der Waals surface area (Å²) in [6, 6.07) is 17.4. The largest absolute Gasteiger partial charge is 0.501 e. The number of likely N-dealkylation sites (N-methyl/N-ethyl adjacent to an activating group) is 1. The average Bonchev–Trinajstić information content (AvgIpc) is 3.20. The quantitative estimate of drug-likeness (QED) is 0.184. The molecule has 0 amide bonds. The fourth-order valence-corrected chi connectivity index (χ4v) is 7.58. The number of ether oxygens (including phenoxy) is 1. The first-order valence-electron chi connectivity index (χ1n) is 14.1. The Balaban J connectivity index is 0.000000278. The zero-order valence-corrected chi connectivity index (χ0v) is 29.5. The Bertz CT molecular complexity index is 1320. The minimum Gasteiger partial charge on any atom is -0.501 e. The molecule has 7 heteroatoms. The molecular weight excluding hydrogens is 638 g/mol. The van der Waals surface area contributed by atoms with Crippen molar-refractivity contribution >= 4 is 35.4 Å². The van der Waals surface area contributed by atoms with E-state index in [1.807, 2.05) is 42.7 Å². The van der Waals surface area contributed by atoms with Crippen LogP contribution in [0.1, 0.15) is 52.8 Å². The third-order valence-corrected chi connectivity index (χ3v) is 8.76. The minimum absolute atomic E-state index is 0.163. The average molecular weight is 685 g/mol. The number of hydrogen-bond acceptors (Lipinski definition) is 4. The van der Waals surface area contributed by atoms with Gasteiger partial charge in [0, 0.05) is 30.5 Å². The summed E-state index contributed by atoms with van der Waals surface area (Å²) in [5.74, 6) is 0.850. The van der Waals surface area contributed by atoms with E-state index < -0.39 is 13.5 Å². The number of aryl methyl sites for hydroxylation is 6. The van der Waals surface area contributed by atoms with Crippen molar-refractivity contribution in [3.05, 3.63) is 94.1 Å². The fourth-order valence-electron chi connectivity index (χ4n) is 5.78. The summed E-state index contributed by atoms with van der Waals surface area (Å²) < 4.78 is 7.51. The van der Waals surface area contributed by atoms with Crippen LogP contribution >= 0.6 is 19.4 Å². The van der Waals surface area contributed by atoms with Gasteiger partial charge in [-0.15, -0.1) is 0 Å². The van der Waals surface area contributed by atoms with Crippen LogP contribution in [0, 0.1) is 48.2 Å². The zero-order chi connectivity index (χ0) is 30.4. The normalized spacial score (nSPS) is 15.3. The molecular formula is C34H46Cl2N3ORu-. The van der Waals surface area contributed by atoms with Gasteiger partial charge < -0.3 is 14.7 Å². The molecule has 0 radical (unpaired) electrons. The van der Waals surface area contributed by atoms with Crippen LogP contribution < -0.4 is 14.5 Å². The summed E-state index contributed by atoms with van der Waals surface area (Å²) in [7, 11) is 16.0. The molecule has 1 fully saturated rings. The van der Waals surface area contributed by atoms with Crippen LogP contribution in [0.5, 0.6) is 5.75 Å². The van der Waals surface area contributed by atoms with Crippen molar-refractivity contribution in [2.75, 3.05) is 37.0 Å². The number of para-hydroxylation sites is 1. The molecule has 3 aromatic rings. The molecule has 1 aliphatic heterocycles. The molecule has 0 N–H and O–H groups in total. The standard InChI is InChI=1S/C24H34N3.C10H12O.2ClH.Ru/c1-16-9-18(3)23(19(4)10-16)26-14-22(13-25(7)8)27(15-26)24-20(5)11-17(2)12-21(24)6;1-8(2)11-10-7-5-4-6-9(10)3;;;/h9-12,15,22H,13-14H2,1-8H3;3-8H,1-2H3;2*1H;/q-1;;;;+2/p-2. The van der Waals surface area contributed by atoms with Crippen LogP contribution in [0.4, 0.5) is 11.4 Å². The summed E-state index contributed by atoms with van der Waals surface area (Å²) in [6.07, 6.45) is 0.163. The van der Waals surface area contributed by atoms with Crippen LogP contribution in [0.15, 0.2) is 48.5 Å². The van der Waals surface area contributed by atoms with Gasteiger partial charge in [-0.25, -0.2) is 0 Å². The Morgan fingerprint density at radius 3 is 1.90 bits per heavy atom. The van der Waals surface area contributed by atoms with Crippen molar-refractivity contribution in [2.24, 2.45) is 0 Å². The minimum atomic E-state index is -1.77. The van der Waals surface area contributed by atoms with Gasteiger partial charge in [-0.2, -0.15) is 6.67 Å². The number of benzene rings is 3. The maximum atomic E-state index is 5.82. The monoisotopic (exact) mass is 684 g/mol. The zero-order valence-electron chi connectivity index (χ0n) is 26.2. The van der Waals surface area contributed by atoms with E-state index in [-0.39, 0.29) is 6.10 Å². The van der Waals surface area contributed by atoms with E-state index in [1.165, 1.54) is 44.8 Å². The van der Waals surface area contributed by atoms with Crippen molar-refractivity contribution in [3.63, 3.8) is 0 Å². The van der Waals surface area contributed by atoms with Crippen molar-refractivity contribution in [1.82, 2.24) is 4.90 Å². The van der Waals surface area contributed by atoms with Crippen LogP contribution in [0.3, 0.4) is 0 Å². The predicted molar refractivity (Wildman–Crippen MR) is 177 cm³/mol. The molecule has 1 unspecified atom stereocenters. The Morgan fingerprint density at radius 1 is 0.902 bits per heavy atom. The van der Waals surface area contributed by atoms with Crippen LogP contribution in [-0.4, -0.2) is 48.8 Å². The topological polar surface area (TPSA) is 19.0 Å². The second-order valence-corrected chi connectivity index (χ2v) is 17.3. The number of halogens is 2. The Hall–Kier alpha value is -1.91. The second kappa shape index (κ2) is 15.0. The van der Waals surface area contributed by atoms with E-state index in [1.54, 1.807) is 0 Å². The molecule has 1 aliphatic rings. The second-order valence-electron chi connectivity index (χ2n) is 11.6. The smallest absolute Gasteiger partial charge is 0.0300 e. The van der Waals surface area contributed by atoms with E-state index in [9.17, 15) is 0 Å². The molecule has 41 heavy (non-hydrogen) atoms. The van der Waals surface area contributed by atoms with E-state index in [4.69, 9.17) is 24.1 Å². The van der Waals surface area contributed by atoms with E-state index in [0.29, 0.717) is 6.04 Å². The molecule has 3 aromatic carbocycles. The Morgan fingerprint density at radius 2 is 1.41 bits per heavy atom. The van der Waals surface area contributed by atoms with Gasteiger partial charge in [-0.3, -0.25) is 0 Å². The third kappa shape index (κ3) is 9.29. The molecule has 4 nitrogen and oxygen atoms in total. The van der Waals surface area contributed by atoms with Crippen LogP contribution in [0.2, 0.25) is 0 Å². The molecule has 1 heterocycles. The van der Waals surface area contributed by atoms with Gasteiger partial charge in [0.25, 0.3) is 0 Å². The first-order valence-corrected chi connectivity index (χ1v) is 19.5. The molecule has 0 aromatic heterocycles. The first-order chi connectivity index (χ1) is 19.3. The van der Waals surface area contributed by atoms with E-state index in [0.717, 1.165) is 24.4 Å². The molecule has 4 rings (SSSR count). The van der Waals surface area contributed by atoms with E-state index in [2.05, 4.69) is 101 Å². The van der Waals surface area contributed by atoms with E-state index >= 15 is 0 Å². The molecule has 1 saturated heterocycles. The fraction of sp³-hybridized carbons (Fsp3) is 0.412. The summed E-state index contributed by atoms with van der Waals surface area (Å²) in [4.78, 5) is 7.25. The van der Waals surface area contributed by atoms with Gasteiger partial charge in [-0.1, -0.05) is 35.4 Å². The maximum absolute atomic E-state index is 5.82. The summed E-state index contributed by atoms with van der Waals surface area (Å²) in [6.45, 7) is 21.7. The van der Waals surface area contributed by atoms with Gasteiger partial charge >= 0.3 is 97.8 Å². The van der Waals surface area contributed by atoms with Crippen molar-refractivity contribution < 1.29 is 18.3 Å². The van der Waals surface area contributed by atoms with Gasteiger partial charge in [0.05, 0.1) is 0 Å². The molecule has 0 aliphatic carbocycles.